The van der Waals surface area contributed by atoms with Crippen LogP contribution in [0.4, 0.5) is 0 Å². The molecule has 0 radical (unpaired) electrons. The Kier molecular flexibility index (Phi) is 3.79. The molecule has 2 heterocycles. The first-order valence-electron chi connectivity index (χ1n) is 8.37. The SMILES string of the molecule is C[C@H]1CCN1CCc1nc2cc(-c3ccc(C#N)cc3)ccc2o1. The van der Waals surface area contributed by atoms with Crippen molar-refractivity contribution in [2.75, 3.05) is 13.1 Å². The fraction of sp³-hybridized carbons (Fsp3) is 0.300. The molecule has 3 aromatic rings. The molecule has 0 spiro atoms. The molecule has 0 amide bonds. The summed E-state index contributed by atoms with van der Waals surface area (Å²) in [5.74, 6) is 0.807. The number of fused-ring (bicyclic) bond motifs is 1. The summed E-state index contributed by atoms with van der Waals surface area (Å²) in [6, 6.07) is 16.5. The maximum absolute atomic E-state index is 8.90. The van der Waals surface area contributed by atoms with Crippen LogP contribution in [0.2, 0.25) is 0 Å². The van der Waals surface area contributed by atoms with Gasteiger partial charge >= 0.3 is 0 Å². The van der Waals surface area contributed by atoms with Crippen LogP contribution in [0.3, 0.4) is 0 Å². The summed E-state index contributed by atoms with van der Waals surface area (Å²) in [6.45, 7) is 4.46. The van der Waals surface area contributed by atoms with Crippen molar-refractivity contribution < 1.29 is 4.42 Å². The number of oxazole rings is 1. The highest BCUT2D eigenvalue weighted by atomic mass is 16.3. The van der Waals surface area contributed by atoms with E-state index in [1.807, 2.05) is 36.4 Å². The molecule has 1 atom stereocenters. The normalized spacial score (nSPS) is 17.6. The van der Waals surface area contributed by atoms with Crippen molar-refractivity contribution in [2.24, 2.45) is 0 Å². The average molecular weight is 317 g/mol. The van der Waals surface area contributed by atoms with Crippen LogP contribution in [0, 0.1) is 11.3 Å². The summed E-state index contributed by atoms with van der Waals surface area (Å²) >= 11 is 0. The van der Waals surface area contributed by atoms with Gasteiger partial charge in [0.1, 0.15) is 5.52 Å². The first kappa shape index (κ1) is 14.9. The zero-order chi connectivity index (χ0) is 16.5. The second-order valence-electron chi connectivity index (χ2n) is 6.40. The van der Waals surface area contributed by atoms with Gasteiger partial charge in [0.25, 0.3) is 0 Å². The number of nitriles is 1. The van der Waals surface area contributed by atoms with Crippen LogP contribution < -0.4 is 0 Å². The zero-order valence-electron chi connectivity index (χ0n) is 13.7. The Morgan fingerprint density at radius 2 is 2.00 bits per heavy atom. The van der Waals surface area contributed by atoms with Crippen molar-refractivity contribution in [1.82, 2.24) is 9.88 Å². The van der Waals surface area contributed by atoms with Gasteiger partial charge in [0, 0.05) is 19.0 Å². The van der Waals surface area contributed by atoms with Gasteiger partial charge in [-0.05, 0) is 55.3 Å². The van der Waals surface area contributed by atoms with Crippen LogP contribution >= 0.6 is 0 Å². The van der Waals surface area contributed by atoms with Gasteiger partial charge in [0.2, 0.25) is 0 Å². The molecule has 120 valence electrons. The van der Waals surface area contributed by atoms with E-state index in [9.17, 15) is 0 Å². The van der Waals surface area contributed by atoms with E-state index in [1.165, 1.54) is 13.0 Å². The second kappa shape index (κ2) is 6.10. The van der Waals surface area contributed by atoms with Gasteiger partial charge in [-0.25, -0.2) is 4.98 Å². The van der Waals surface area contributed by atoms with Gasteiger partial charge in [0.15, 0.2) is 11.5 Å². The van der Waals surface area contributed by atoms with E-state index < -0.39 is 0 Å². The Bertz CT molecular complexity index is 905. The third-order valence-corrected chi connectivity index (χ3v) is 4.85. The minimum Gasteiger partial charge on any atom is -0.441 e. The lowest BCUT2D eigenvalue weighted by molar-refractivity contribution is 0.104. The lowest BCUT2D eigenvalue weighted by atomic mass is 10.0. The van der Waals surface area contributed by atoms with Gasteiger partial charge in [-0.1, -0.05) is 18.2 Å². The molecule has 0 bridgehead atoms. The van der Waals surface area contributed by atoms with E-state index in [0.29, 0.717) is 11.6 Å². The molecule has 2 aromatic carbocycles. The lowest BCUT2D eigenvalue weighted by Crippen LogP contribution is -2.46. The topological polar surface area (TPSA) is 53.1 Å². The highest BCUT2D eigenvalue weighted by Gasteiger charge is 2.23. The van der Waals surface area contributed by atoms with Crippen molar-refractivity contribution in [3.63, 3.8) is 0 Å². The van der Waals surface area contributed by atoms with Crippen molar-refractivity contribution in [3.8, 4) is 17.2 Å². The van der Waals surface area contributed by atoms with E-state index in [-0.39, 0.29) is 0 Å². The molecule has 1 aromatic heterocycles. The number of hydrogen-bond acceptors (Lipinski definition) is 4. The number of benzene rings is 2. The highest BCUT2D eigenvalue weighted by molar-refractivity contribution is 5.80. The maximum atomic E-state index is 8.90. The summed E-state index contributed by atoms with van der Waals surface area (Å²) in [4.78, 5) is 7.10. The second-order valence-corrected chi connectivity index (χ2v) is 6.40. The van der Waals surface area contributed by atoms with Gasteiger partial charge < -0.3 is 9.32 Å². The summed E-state index contributed by atoms with van der Waals surface area (Å²) < 4.78 is 5.87. The first-order chi connectivity index (χ1) is 11.7. The predicted molar refractivity (Wildman–Crippen MR) is 93.5 cm³/mol. The van der Waals surface area contributed by atoms with Gasteiger partial charge in [-0.3, -0.25) is 0 Å². The number of likely N-dealkylation sites (tertiary alicyclic amines) is 1. The van der Waals surface area contributed by atoms with E-state index in [0.717, 1.165) is 41.1 Å². The molecule has 1 saturated heterocycles. The van der Waals surface area contributed by atoms with Crippen molar-refractivity contribution in [1.29, 1.82) is 5.26 Å². The van der Waals surface area contributed by atoms with E-state index in [4.69, 9.17) is 9.68 Å². The average Bonchev–Trinajstić information content (AvgIpc) is 3.02. The van der Waals surface area contributed by atoms with Gasteiger partial charge in [-0.2, -0.15) is 5.26 Å². The highest BCUT2D eigenvalue weighted by Crippen LogP contribution is 2.25. The molecular formula is C20H19N3O. The predicted octanol–water partition coefficient (Wildman–Crippen LogP) is 4.00. The molecule has 0 saturated carbocycles. The number of hydrogen-bond donors (Lipinski definition) is 0. The Labute approximate surface area is 141 Å². The molecule has 0 aliphatic carbocycles. The monoisotopic (exact) mass is 317 g/mol. The zero-order valence-corrected chi connectivity index (χ0v) is 13.7. The van der Waals surface area contributed by atoms with E-state index >= 15 is 0 Å². The van der Waals surface area contributed by atoms with Crippen LogP contribution in [0.25, 0.3) is 22.2 Å². The van der Waals surface area contributed by atoms with Crippen molar-refractivity contribution in [2.45, 2.75) is 25.8 Å². The third kappa shape index (κ3) is 2.79. The molecule has 4 nitrogen and oxygen atoms in total. The molecule has 0 N–H and O–H groups in total. The molecular weight excluding hydrogens is 298 g/mol. The minimum atomic E-state index is 0.670. The van der Waals surface area contributed by atoms with Crippen molar-refractivity contribution in [3.05, 3.63) is 53.9 Å². The quantitative estimate of drug-likeness (QED) is 0.730. The lowest BCUT2D eigenvalue weighted by Gasteiger charge is -2.38. The molecule has 4 rings (SSSR count). The van der Waals surface area contributed by atoms with Gasteiger partial charge in [0.05, 0.1) is 11.6 Å². The van der Waals surface area contributed by atoms with Crippen LogP contribution in [-0.2, 0) is 6.42 Å². The fourth-order valence-corrected chi connectivity index (χ4v) is 3.14. The van der Waals surface area contributed by atoms with Crippen LogP contribution in [0.1, 0.15) is 24.8 Å². The summed E-state index contributed by atoms with van der Waals surface area (Å²) in [6.07, 6.45) is 2.15. The maximum Gasteiger partial charge on any atom is 0.196 e. The van der Waals surface area contributed by atoms with E-state index in [2.05, 4.69) is 28.9 Å². The largest absolute Gasteiger partial charge is 0.441 e. The first-order valence-corrected chi connectivity index (χ1v) is 8.37. The number of aromatic nitrogens is 1. The van der Waals surface area contributed by atoms with Crippen LogP contribution in [0.15, 0.2) is 46.9 Å². The minimum absolute atomic E-state index is 0.670. The third-order valence-electron chi connectivity index (χ3n) is 4.85. The molecule has 1 aliphatic heterocycles. The number of rotatable bonds is 4. The fourth-order valence-electron chi connectivity index (χ4n) is 3.14. The number of nitrogens with zero attached hydrogens (tertiary/aromatic N) is 3. The Morgan fingerprint density at radius 3 is 2.67 bits per heavy atom. The summed E-state index contributed by atoms with van der Waals surface area (Å²) in [5.41, 5.74) is 4.56. The summed E-state index contributed by atoms with van der Waals surface area (Å²) in [5, 5.41) is 8.90. The molecule has 4 heteroatoms. The smallest absolute Gasteiger partial charge is 0.196 e. The molecule has 1 fully saturated rings. The van der Waals surface area contributed by atoms with Crippen LogP contribution in [-0.4, -0.2) is 29.0 Å². The standard InChI is InChI=1S/C20H19N3O/c1-14-8-10-23(14)11-9-20-22-18-12-17(6-7-19(18)24-20)16-4-2-15(13-21)3-5-16/h2-7,12,14H,8-11H2,1H3/t14-/m0/s1. The Morgan fingerprint density at radius 1 is 1.21 bits per heavy atom. The molecule has 1 aliphatic rings. The van der Waals surface area contributed by atoms with Gasteiger partial charge in [-0.15, -0.1) is 0 Å². The molecule has 24 heavy (non-hydrogen) atoms. The summed E-state index contributed by atoms with van der Waals surface area (Å²) in [7, 11) is 0. The van der Waals surface area contributed by atoms with Crippen LogP contribution in [0.5, 0.6) is 0 Å². The van der Waals surface area contributed by atoms with Crippen molar-refractivity contribution >= 4 is 11.1 Å². The molecule has 0 unspecified atom stereocenters. The Hall–Kier alpha value is -2.64. The Balaban J connectivity index is 1.55. The van der Waals surface area contributed by atoms with E-state index in [1.54, 1.807) is 0 Å².